The van der Waals surface area contributed by atoms with Crippen molar-refractivity contribution in [2.75, 3.05) is 20.3 Å². The molecule has 1 aromatic rings. The van der Waals surface area contributed by atoms with Gasteiger partial charge in [-0.15, -0.1) is 12.4 Å². The van der Waals surface area contributed by atoms with Gasteiger partial charge in [-0.3, -0.25) is 0 Å². The summed E-state index contributed by atoms with van der Waals surface area (Å²) in [7, 11) is 1.73. The highest BCUT2D eigenvalue weighted by Gasteiger charge is 1.93. The Morgan fingerprint density at radius 2 is 1.82 bits per heavy atom. The van der Waals surface area contributed by atoms with Gasteiger partial charge in [0.25, 0.3) is 0 Å². The zero-order valence-corrected chi connectivity index (χ0v) is 11.1. The summed E-state index contributed by atoms with van der Waals surface area (Å²) in [5.74, 6) is -0.177. The summed E-state index contributed by atoms with van der Waals surface area (Å²) < 4.78 is 17.6. The molecule has 0 spiro atoms. The number of hydrogen-bond acceptors (Lipinski definition) is 2. The molecule has 1 rings (SSSR count). The van der Waals surface area contributed by atoms with Crippen molar-refractivity contribution >= 4 is 12.4 Å². The molecule has 17 heavy (non-hydrogen) atoms. The Hall–Kier alpha value is -0.640. The van der Waals surface area contributed by atoms with E-state index in [9.17, 15) is 4.39 Å². The van der Waals surface area contributed by atoms with E-state index in [0.29, 0.717) is 0 Å². The minimum atomic E-state index is -0.177. The van der Waals surface area contributed by atoms with Crippen LogP contribution in [0.3, 0.4) is 0 Å². The first-order valence-electron chi connectivity index (χ1n) is 5.77. The Balaban J connectivity index is 0.00000256. The van der Waals surface area contributed by atoms with Crippen molar-refractivity contribution < 1.29 is 9.13 Å². The standard InChI is InChI=1S/C13H20FNO.ClH/c1-16-10-4-2-3-9-15-11-12-5-7-13(14)8-6-12;/h5-8,15H,2-4,9-11H2,1H3;1H. The first-order valence-corrected chi connectivity index (χ1v) is 5.77. The zero-order valence-electron chi connectivity index (χ0n) is 10.2. The molecule has 0 heterocycles. The molecule has 0 unspecified atom stereocenters. The second-order valence-corrected chi connectivity index (χ2v) is 3.86. The Kier molecular flexibility index (Phi) is 10.1. The van der Waals surface area contributed by atoms with Crippen molar-refractivity contribution in [3.05, 3.63) is 35.6 Å². The van der Waals surface area contributed by atoms with Crippen LogP contribution in [0.1, 0.15) is 24.8 Å². The van der Waals surface area contributed by atoms with E-state index in [1.54, 1.807) is 7.11 Å². The SMILES string of the molecule is COCCCCCNCc1ccc(F)cc1.Cl. The third kappa shape index (κ3) is 8.13. The van der Waals surface area contributed by atoms with Crippen LogP contribution < -0.4 is 5.32 Å². The minimum Gasteiger partial charge on any atom is -0.385 e. The maximum absolute atomic E-state index is 12.6. The summed E-state index contributed by atoms with van der Waals surface area (Å²) >= 11 is 0. The lowest BCUT2D eigenvalue weighted by molar-refractivity contribution is 0.192. The molecular weight excluding hydrogens is 241 g/mol. The second-order valence-electron chi connectivity index (χ2n) is 3.86. The van der Waals surface area contributed by atoms with Crippen LogP contribution in [0.4, 0.5) is 4.39 Å². The molecule has 1 N–H and O–H groups in total. The summed E-state index contributed by atoms with van der Waals surface area (Å²) in [4.78, 5) is 0. The highest BCUT2D eigenvalue weighted by Crippen LogP contribution is 2.02. The average Bonchev–Trinajstić information content (AvgIpc) is 2.30. The zero-order chi connectivity index (χ0) is 11.6. The molecule has 0 fully saturated rings. The number of methoxy groups -OCH3 is 1. The smallest absolute Gasteiger partial charge is 0.123 e. The number of hydrogen-bond donors (Lipinski definition) is 1. The van der Waals surface area contributed by atoms with Crippen LogP contribution in [-0.2, 0) is 11.3 Å². The topological polar surface area (TPSA) is 21.3 Å². The van der Waals surface area contributed by atoms with E-state index in [1.807, 2.05) is 12.1 Å². The van der Waals surface area contributed by atoms with Gasteiger partial charge in [-0.2, -0.15) is 0 Å². The molecule has 0 aromatic heterocycles. The highest BCUT2D eigenvalue weighted by atomic mass is 35.5. The van der Waals surface area contributed by atoms with Gasteiger partial charge in [-0.1, -0.05) is 12.1 Å². The minimum absolute atomic E-state index is 0. The summed E-state index contributed by atoms with van der Waals surface area (Å²) in [6.07, 6.45) is 3.46. The van der Waals surface area contributed by atoms with Gasteiger partial charge in [0.1, 0.15) is 5.82 Å². The highest BCUT2D eigenvalue weighted by molar-refractivity contribution is 5.85. The predicted molar refractivity (Wildman–Crippen MR) is 71.1 cm³/mol. The van der Waals surface area contributed by atoms with E-state index in [1.165, 1.54) is 18.6 Å². The molecule has 4 heteroatoms. The van der Waals surface area contributed by atoms with Crippen LogP contribution in [0.25, 0.3) is 0 Å². The van der Waals surface area contributed by atoms with Gasteiger partial charge < -0.3 is 10.1 Å². The van der Waals surface area contributed by atoms with Crippen LogP contribution in [0.5, 0.6) is 0 Å². The molecule has 0 aliphatic rings. The lowest BCUT2D eigenvalue weighted by atomic mass is 10.2. The molecule has 0 atom stereocenters. The van der Waals surface area contributed by atoms with Crippen LogP contribution in [-0.4, -0.2) is 20.3 Å². The Morgan fingerprint density at radius 1 is 1.12 bits per heavy atom. The lowest BCUT2D eigenvalue weighted by Gasteiger charge is -2.04. The van der Waals surface area contributed by atoms with Gasteiger partial charge in [0.15, 0.2) is 0 Å². The second kappa shape index (κ2) is 10.5. The number of nitrogens with one attached hydrogen (secondary N) is 1. The fraction of sp³-hybridized carbons (Fsp3) is 0.538. The first-order chi connectivity index (χ1) is 7.83. The van der Waals surface area contributed by atoms with Crippen molar-refractivity contribution in [3.63, 3.8) is 0 Å². The maximum Gasteiger partial charge on any atom is 0.123 e. The molecule has 98 valence electrons. The molecule has 0 aliphatic carbocycles. The molecule has 0 saturated carbocycles. The largest absolute Gasteiger partial charge is 0.385 e. The maximum atomic E-state index is 12.6. The van der Waals surface area contributed by atoms with Crippen LogP contribution in [0.15, 0.2) is 24.3 Å². The van der Waals surface area contributed by atoms with E-state index < -0.39 is 0 Å². The van der Waals surface area contributed by atoms with Crippen LogP contribution in [0.2, 0.25) is 0 Å². The predicted octanol–water partition coefficient (Wildman–Crippen LogP) is 3.15. The average molecular weight is 262 g/mol. The van der Waals surface area contributed by atoms with Crippen LogP contribution >= 0.6 is 12.4 Å². The number of ether oxygens (including phenoxy) is 1. The fourth-order valence-electron chi connectivity index (χ4n) is 1.51. The van der Waals surface area contributed by atoms with E-state index in [-0.39, 0.29) is 18.2 Å². The molecular formula is C13H21ClFNO. The number of halogens is 2. The third-order valence-electron chi connectivity index (χ3n) is 2.44. The lowest BCUT2D eigenvalue weighted by Crippen LogP contribution is -2.14. The van der Waals surface area contributed by atoms with E-state index in [4.69, 9.17) is 4.74 Å². The van der Waals surface area contributed by atoms with Gasteiger partial charge in [0.05, 0.1) is 0 Å². The monoisotopic (exact) mass is 261 g/mol. The van der Waals surface area contributed by atoms with Crippen molar-refractivity contribution in [1.82, 2.24) is 5.32 Å². The molecule has 0 radical (unpaired) electrons. The normalized spacial score (nSPS) is 10.0. The van der Waals surface area contributed by atoms with Crippen molar-refractivity contribution in [1.29, 1.82) is 0 Å². The van der Waals surface area contributed by atoms with E-state index in [0.717, 1.165) is 38.1 Å². The van der Waals surface area contributed by atoms with E-state index >= 15 is 0 Å². The summed E-state index contributed by atoms with van der Waals surface area (Å²) in [6, 6.07) is 6.62. The van der Waals surface area contributed by atoms with Gasteiger partial charge in [0.2, 0.25) is 0 Å². The molecule has 1 aromatic carbocycles. The number of unbranched alkanes of at least 4 members (excludes halogenated alkanes) is 2. The first kappa shape index (κ1) is 16.4. The van der Waals surface area contributed by atoms with Gasteiger partial charge in [-0.25, -0.2) is 4.39 Å². The molecule has 0 saturated heterocycles. The molecule has 0 bridgehead atoms. The summed E-state index contributed by atoms with van der Waals surface area (Å²) in [6.45, 7) is 2.66. The molecule has 2 nitrogen and oxygen atoms in total. The van der Waals surface area contributed by atoms with Crippen molar-refractivity contribution in [2.45, 2.75) is 25.8 Å². The summed E-state index contributed by atoms with van der Waals surface area (Å²) in [5.41, 5.74) is 1.12. The fourth-order valence-corrected chi connectivity index (χ4v) is 1.51. The summed E-state index contributed by atoms with van der Waals surface area (Å²) in [5, 5.41) is 3.33. The Morgan fingerprint density at radius 3 is 2.47 bits per heavy atom. The van der Waals surface area contributed by atoms with Crippen molar-refractivity contribution in [3.8, 4) is 0 Å². The van der Waals surface area contributed by atoms with Gasteiger partial charge in [0, 0.05) is 20.3 Å². The Bertz CT molecular complexity index is 279. The van der Waals surface area contributed by atoms with Crippen LogP contribution in [0, 0.1) is 5.82 Å². The van der Waals surface area contributed by atoms with Crippen molar-refractivity contribution in [2.24, 2.45) is 0 Å². The Labute approximate surface area is 109 Å². The quantitative estimate of drug-likeness (QED) is 0.726. The van der Waals surface area contributed by atoms with Gasteiger partial charge >= 0.3 is 0 Å². The number of rotatable bonds is 8. The molecule has 0 amide bonds. The van der Waals surface area contributed by atoms with Gasteiger partial charge in [-0.05, 0) is 43.5 Å². The van der Waals surface area contributed by atoms with E-state index in [2.05, 4.69) is 5.32 Å². The molecule has 0 aliphatic heterocycles. The number of benzene rings is 1. The third-order valence-corrected chi connectivity index (χ3v) is 2.44.